The minimum atomic E-state index is -0.331. The molecule has 3 rings (SSSR count). The Morgan fingerprint density at radius 2 is 2.04 bits per heavy atom. The smallest absolute Gasteiger partial charge is 0.220 e. The van der Waals surface area contributed by atoms with Gasteiger partial charge in [0.1, 0.15) is 17.6 Å². The summed E-state index contributed by atoms with van der Waals surface area (Å²) in [5.41, 5.74) is 2.08. The number of halogens is 1. The second-order valence-electron chi connectivity index (χ2n) is 6.72. The Kier molecular flexibility index (Phi) is 6.71. The normalized spacial score (nSPS) is 11.8. The molecule has 28 heavy (non-hydrogen) atoms. The van der Waals surface area contributed by atoms with Crippen LogP contribution in [0.2, 0.25) is 5.02 Å². The van der Waals surface area contributed by atoms with Crippen LogP contribution in [-0.2, 0) is 11.8 Å². The number of nitrogens with one attached hydrogen (secondary N) is 1. The monoisotopic (exact) mass is 397 g/mol. The van der Waals surface area contributed by atoms with Crippen LogP contribution in [0.15, 0.2) is 60.9 Å². The van der Waals surface area contributed by atoms with E-state index in [1.165, 1.54) is 0 Å². The van der Waals surface area contributed by atoms with Gasteiger partial charge in [-0.2, -0.15) is 0 Å². The van der Waals surface area contributed by atoms with Crippen LogP contribution >= 0.6 is 11.6 Å². The van der Waals surface area contributed by atoms with Gasteiger partial charge in [0.05, 0.1) is 6.61 Å². The van der Waals surface area contributed by atoms with E-state index < -0.39 is 0 Å². The highest BCUT2D eigenvalue weighted by atomic mass is 35.5. The molecule has 0 aliphatic rings. The van der Waals surface area contributed by atoms with Gasteiger partial charge in [-0.1, -0.05) is 35.9 Å². The van der Waals surface area contributed by atoms with Gasteiger partial charge in [-0.05, 0) is 48.7 Å². The summed E-state index contributed by atoms with van der Waals surface area (Å²) in [5.74, 6) is 1.55. The topological polar surface area (TPSA) is 56.1 Å². The van der Waals surface area contributed by atoms with Crippen LogP contribution in [0.5, 0.6) is 5.75 Å². The molecule has 1 amide bonds. The number of hydrogen-bond acceptors (Lipinski definition) is 3. The van der Waals surface area contributed by atoms with Gasteiger partial charge >= 0.3 is 0 Å². The maximum absolute atomic E-state index is 12.5. The van der Waals surface area contributed by atoms with Gasteiger partial charge in [0.25, 0.3) is 0 Å². The molecule has 1 N–H and O–H groups in total. The van der Waals surface area contributed by atoms with Crippen molar-refractivity contribution in [2.24, 2.45) is 7.05 Å². The quantitative estimate of drug-likeness (QED) is 0.571. The molecule has 0 spiro atoms. The SMILES string of the molecule is Cc1cccc(OCCCC(=O)N[C@H](c2ccc(Cl)cc2)c2nccn2C)c1. The molecule has 0 radical (unpaired) electrons. The van der Waals surface area contributed by atoms with Gasteiger partial charge in [0.15, 0.2) is 0 Å². The van der Waals surface area contributed by atoms with Crippen molar-refractivity contribution in [2.75, 3.05) is 6.61 Å². The average Bonchev–Trinajstić information content (AvgIpc) is 3.10. The number of aryl methyl sites for hydroxylation is 2. The molecule has 0 saturated heterocycles. The molecule has 146 valence electrons. The fourth-order valence-corrected chi connectivity index (χ4v) is 3.09. The number of hydrogen-bond donors (Lipinski definition) is 1. The summed E-state index contributed by atoms with van der Waals surface area (Å²) in [6.07, 6.45) is 4.59. The van der Waals surface area contributed by atoms with Gasteiger partial charge in [-0.25, -0.2) is 4.98 Å². The van der Waals surface area contributed by atoms with E-state index in [0.717, 1.165) is 22.7 Å². The van der Waals surface area contributed by atoms with Crippen LogP contribution < -0.4 is 10.1 Å². The Morgan fingerprint density at radius 3 is 2.71 bits per heavy atom. The fourth-order valence-electron chi connectivity index (χ4n) is 2.97. The van der Waals surface area contributed by atoms with Crippen molar-refractivity contribution >= 4 is 17.5 Å². The van der Waals surface area contributed by atoms with E-state index in [4.69, 9.17) is 16.3 Å². The Labute approximate surface area is 170 Å². The van der Waals surface area contributed by atoms with Crippen molar-refractivity contribution in [2.45, 2.75) is 25.8 Å². The molecular weight excluding hydrogens is 374 g/mol. The summed E-state index contributed by atoms with van der Waals surface area (Å²) >= 11 is 6.00. The minimum absolute atomic E-state index is 0.0456. The van der Waals surface area contributed by atoms with Crippen molar-refractivity contribution < 1.29 is 9.53 Å². The predicted molar refractivity (Wildman–Crippen MR) is 111 cm³/mol. The maximum Gasteiger partial charge on any atom is 0.220 e. The molecule has 0 aliphatic heterocycles. The Balaban J connectivity index is 1.58. The molecule has 0 aliphatic carbocycles. The largest absolute Gasteiger partial charge is 0.494 e. The third-order valence-corrected chi connectivity index (χ3v) is 4.68. The van der Waals surface area contributed by atoms with E-state index in [-0.39, 0.29) is 11.9 Å². The van der Waals surface area contributed by atoms with E-state index in [9.17, 15) is 4.79 Å². The summed E-state index contributed by atoms with van der Waals surface area (Å²) in [6, 6.07) is 15.0. The molecule has 0 saturated carbocycles. The summed E-state index contributed by atoms with van der Waals surface area (Å²) in [6.45, 7) is 2.51. The molecular formula is C22H24ClN3O2. The van der Waals surface area contributed by atoms with E-state index in [0.29, 0.717) is 24.5 Å². The van der Waals surface area contributed by atoms with Crippen molar-refractivity contribution in [3.63, 3.8) is 0 Å². The van der Waals surface area contributed by atoms with Gasteiger partial charge in [-0.15, -0.1) is 0 Å². The van der Waals surface area contributed by atoms with Crippen LogP contribution in [0.1, 0.15) is 35.8 Å². The van der Waals surface area contributed by atoms with E-state index in [1.54, 1.807) is 6.20 Å². The molecule has 1 atom stereocenters. The Morgan fingerprint density at radius 1 is 1.25 bits per heavy atom. The molecule has 3 aromatic rings. The number of imidazole rings is 1. The van der Waals surface area contributed by atoms with Crippen LogP contribution in [0.3, 0.4) is 0 Å². The third kappa shape index (κ3) is 5.36. The number of carbonyl (C=O) groups is 1. The lowest BCUT2D eigenvalue weighted by molar-refractivity contribution is -0.121. The van der Waals surface area contributed by atoms with Crippen molar-refractivity contribution in [3.05, 3.63) is 82.9 Å². The number of benzene rings is 2. The lowest BCUT2D eigenvalue weighted by atomic mass is 10.1. The van der Waals surface area contributed by atoms with Crippen LogP contribution in [0, 0.1) is 6.92 Å². The molecule has 0 unspecified atom stereocenters. The predicted octanol–water partition coefficient (Wildman–Crippen LogP) is 4.45. The molecule has 2 aromatic carbocycles. The number of rotatable bonds is 8. The van der Waals surface area contributed by atoms with E-state index in [1.807, 2.05) is 73.3 Å². The zero-order valence-electron chi connectivity index (χ0n) is 16.1. The second-order valence-corrected chi connectivity index (χ2v) is 7.15. The highest BCUT2D eigenvalue weighted by Gasteiger charge is 2.20. The maximum atomic E-state index is 12.5. The van der Waals surface area contributed by atoms with Crippen LogP contribution in [-0.4, -0.2) is 22.1 Å². The van der Waals surface area contributed by atoms with Crippen molar-refractivity contribution in [3.8, 4) is 5.75 Å². The van der Waals surface area contributed by atoms with Crippen LogP contribution in [0.4, 0.5) is 0 Å². The summed E-state index contributed by atoms with van der Waals surface area (Å²) in [7, 11) is 1.91. The minimum Gasteiger partial charge on any atom is -0.494 e. The Hall–Kier alpha value is -2.79. The van der Waals surface area contributed by atoms with Gasteiger partial charge in [-0.3, -0.25) is 4.79 Å². The standard InChI is InChI=1S/C22H24ClN3O2/c1-16-5-3-6-19(15-16)28-14-4-7-20(27)25-21(22-24-12-13-26(22)2)17-8-10-18(23)11-9-17/h3,5-6,8-13,15,21H,4,7,14H2,1-2H3,(H,25,27)/t21-/m1/s1. The summed E-state index contributed by atoms with van der Waals surface area (Å²) in [5, 5.41) is 3.74. The average molecular weight is 398 g/mol. The van der Waals surface area contributed by atoms with Crippen molar-refractivity contribution in [1.82, 2.24) is 14.9 Å². The first-order valence-corrected chi connectivity index (χ1v) is 9.62. The lowest BCUT2D eigenvalue weighted by Crippen LogP contribution is -2.31. The summed E-state index contributed by atoms with van der Waals surface area (Å²) < 4.78 is 7.62. The van der Waals surface area contributed by atoms with Crippen LogP contribution in [0.25, 0.3) is 0 Å². The number of aromatic nitrogens is 2. The van der Waals surface area contributed by atoms with E-state index in [2.05, 4.69) is 10.3 Å². The summed E-state index contributed by atoms with van der Waals surface area (Å²) in [4.78, 5) is 16.9. The molecule has 6 heteroatoms. The number of carbonyl (C=O) groups excluding carboxylic acids is 1. The van der Waals surface area contributed by atoms with Gasteiger partial charge in [0.2, 0.25) is 5.91 Å². The first-order chi connectivity index (χ1) is 13.5. The van der Waals surface area contributed by atoms with Gasteiger partial charge in [0, 0.05) is 30.9 Å². The second kappa shape index (κ2) is 9.42. The zero-order chi connectivity index (χ0) is 19.9. The third-order valence-electron chi connectivity index (χ3n) is 4.43. The zero-order valence-corrected chi connectivity index (χ0v) is 16.8. The number of ether oxygens (including phenoxy) is 1. The van der Waals surface area contributed by atoms with Crippen molar-refractivity contribution in [1.29, 1.82) is 0 Å². The fraction of sp³-hybridized carbons (Fsp3) is 0.273. The number of nitrogens with zero attached hydrogens (tertiary/aromatic N) is 2. The first kappa shape index (κ1) is 20.0. The highest BCUT2D eigenvalue weighted by molar-refractivity contribution is 6.30. The van der Waals surface area contributed by atoms with Gasteiger partial charge < -0.3 is 14.6 Å². The highest BCUT2D eigenvalue weighted by Crippen LogP contribution is 2.22. The molecule has 5 nitrogen and oxygen atoms in total. The number of amides is 1. The molecule has 1 heterocycles. The molecule has 0 fully saturated rings. The Bertz CT molecular complexity index is 922. The molecule has 1 aromatic heterocycles. The first-order valence-electron chi connectivity index (χ1n) is 9.24. The lowest BCUT2D eigenvalue weighted by Gasteiger charge is -2.19. The van der Waals surface area contributed by atoms with E-state index >= 15 is 0 Å². The molecule has 0 bridgehead atoms.